The maximum absolute atomic E-state index is 12.1. The van der Waals surface area contributed by atoms with Gasteiger partial charge in [-0.25, -0.2) is 4.98 Å². The van der Waals surface area contributed by atoms with Gasteiger partial charge in [0.1, 0.15) is 5.15 Å². The Morgan fingerprint density at radius 3 is 3.00 bits per heavy atom. The lowest BCUT2D eigenvalue weighted by atomic mass is 10.2. The highest BCUT2D eigenvalue weighted by molar-refractivity contribution is 7.09. The molecule has 0 aliphatic carbocycles. The molecule has 0 aliphatic heterocycles. The van der Waals surface area contributed by atoms with E-state index in [0.717, 1.165) is 4.88 Å². The van der Waals surface area contributed by atoms with Gasteiger partial charge in [0.25, 0.3) is 5.91 Å². The predicted octanol–water partition coefficient (Wildman–Crippen LogP) is 3.07. The van der Waals surface area contributed by atoms with Crippen molar-refractivity contribution in [2.24, 2.45) is 0 Å². The van der Waals surface area contributed by atoms with Crippen LogP contribution in [0.2, 0.25) is 5.15 Å². The van der Waals surface area contributed by atoms with Crippen LogP contribution in [0.5, 0.6) is 0 Å². The monoisotopic (exact) mass is 266 g/mol. The molecule has 2 heterocycles. The molecule has 1 amide bonds. The van der Waals surface area contributed by atoms with Crippen LogP contribution in [-0.2, 0) is 6.54 Å². The third-order valence-electron chi connectivity index (χ3n) is 2.29. The van der Waals surface area contributed by atoms with Crippen molar-refractivity contribution in [1.82, 2.24) is 9.88 Å². The number of carbonyl (C=O) groups is 1. The van der Waals surface area contributed by atoms with Gasteiger partial charge in [-0.3, -0.25) is 4.79 Å². The van der Waals surface area contributed by atoms with Crippen molar-refractivity contribution >= 4 is 28.8 Å². The molecule has 3 nitrogen and oxygen atoms in total. The predicted molar refractivity (Wildman–Crippen MR) is 69.4 cm³/mol. The maximum Gasteiger partial charge on any atom is 0.254 e. The van der Waals surface area contributed by atoms with Crippen LogP contribution in [0.15, 0.2) is 35.8 Å². The fourth-order valence-electron chi connectivity index (χ4n) is 1.46. The molecule has 0 unspecified atom stereocenters. The minimum absolute atomic E-state index is 0.0531. The van der Waals surface area contributed by atoms with Crippen molar-refractivity contribution in [3.8, 4) is 0 Å². The summed E-state index contributed by atoms with van der Waals surface area (Å²) < 4.78 is 0. The quantitative estimate of drug-likeness (QED) is 0.800. The second-order valence-electron chi connectivity index (χ2n) is 3.61. The van der Waals surface area contributed by atoms with Gasteiger partial charge in [0.05, 0.1) is 6.54 Å². The highest BCUT2D eigenvalue weighted by Crippen LogP contribution is 2.14. The fraction of sp³-hybridized carbons (Fsp3) is 0.167. The molecule has 2 aromatic heterocycles. The van der Waals surface area contributed by atoms with E-state index in [1.165, 1.54) is 6.20 Å². The molecule has 2 aromatic rings. The van der Waals surface area contributed by atoms with Gasteiger partial charge in [-0.15, -0.1) is 11.3 Å². The van der Waals surface area contributed by atoms with Crippen LogP contribution >= 0.6 is 22.9 Å². The Morgan fingerprint density at radius 2 is 2.35 bits per heavy atom. The van der Waals surface area contributed by atoms with Gasteiger partial charge in [0.2, 0.25) is 0 Å². The number of rotatable bonds is 3. The minimum atomic E-state index is -0.0531. The average Bonchev–Trinajstić information content (AvgIpc) is 2.80. The zero-order chi connectivity index (χ0) is 12.3. The van der Waals surface area contributed by atoms with E-state index >= 15 is 0 Å². The van der Waals surface area contributed by atoms with Gasteiger partial charge in [0.15, 0.2) is 0 Å². The lowest BCUT2D eigenvalue weighted by Crippen LogP contribution is -2.25. The summed E-state index contributed by atoms with van der Waals surface area (Å²) in [6.07, 6.45) is 1.54. The van der Waals surface area contributed by atoms with Gasteiger partial charge in [-0.05, 0) is 23.6 Å². The van der Waals surface area contributed by atoms with E-state index < -0.39 is 0 Å². The Morgan fingerprint density at radius 1 is 1.53 bits per heavy atom. The van der Waals surface area contributed by atoms with Crippen LogP contribution in [0.3, 0.4) is 0 Å². The molecule has 0 spiro atoms. The third kappa shape index (κ3) is 3.05. The first-order valence-electron chi connectivity index (χ1n) is 5.06. The summed E-state index contributed by atoms with van der Waals surface area (Å²) in [4.78, 5) is 18.7. The van der Waals surface area contributed by atoms with Gasteiger partial charge >= 0.3 is 0 Å². The second-order valence-corrected chi connectivity index (χ2v) is 5.03. The zero-order valence-corrected chi connectivity index (χ0v) is 10.8. The van der Waals surface area contributed by atoms with Gasteiger partial charge in [0, 0.05) is 23.7 Å². The number of aromatic nitrogens is 1. The van der Waals surface area contributed by atoms with E-state index in [-0.39, 0.29) is 5.91 Å². The first kappa shape index (κ1) is 12.1. The number of pyridine rings is 1. The highest BCUT2D eigenvalue weighted by Gasteiger charge is 2.12. The number of hydrogen-bond acceptors (Lipinski definition) is 3. The molecule has 88 valence electrons. The molecule has 0 bridgehead atoms. The van der Waals surface area contributed by atoms with Crippen molar-refractivity contribution in [3.63, 3.8) is 0 Å². The summed E-state index contributed by atoms with van der Waals surface area (Å²) in [7, 11) is 1.77. The van der Waals surface area contributed by atoms with Crippen molar-refractivity contribution in [2.75, 3.05) is 7.05 Å². The van der Waals surface area contributed by atoms with E-state index in [2.05, 4.69) is 4.98 Å². The number of halogens is 1. The maximum atomic E-state index is 12.1. The Kier molecular flexibility index (Phi) is 3.76. The van der Waals surface area contributed by atoms with Crippen LogP contribution < -0.4 is 0 Å². The number of hydrogen-bond donors (Lipinski definition) is 0. The van der Waals surface area contributed by atoms with Crippen molar-refractivity contribution in [2.45, 2.75) is 6.54 Å². The number of carbonyl (C=O) groups excluding carboxylic acids is 1. The van der Waals surface area contributed by atoms with Crippen LogP contribution in [0.1, 0.15) is 15.2 Å². The summed E-state index contributed by atoms with van der Waals surface area (Å²) in [5.41, 5.74) is 0.559. The van der Waals surface area contributed by atoms with Gasteiger partial charge in [-0.2, -0.15) is 0 Å². The van der Waals surface area contributed by atoms with Crippen LogP contribution in [0.4, 0.5) is 0 Å². The molecule has 5 heteroatoms. The van der Waals surface area contributed by atoms with Crippen LogP contribution in [0.25, 0.3) is 0 Å². The number of thiophene rings is 1. The Labute approximate surface area is 109 Å². The zero-order valence-electron chi connectivity index (χ0n) is 9.26. The molecule has 0 N–H and O–H groups in total. The highest BCUT2D eigenvalue weighted by atomic mass is 35.5. The molecular formula is C12H11ClN2OS. The summed E-state index contributed by atoms with van der Waals surface area (Å²) in [6, 6.07) is 7.23. The van der Waals surface area contributed by atoms with Crippen molar-refractivity contribution in [3.05, 3.63) is 51.4 Å². The Bertz CT molecular complexity index is 513. The van der Waals surface area contributed by atoms with E-state index in [0.29, 0.717) is 17.3 Å². The average molecular weight is 267 g/mol. The molecule has 2 rings (SSSR count). The minimum Gasteiger partial charge on any atom is -0.337 e. The lowest BCUT2D eigenvalue weighted by Gasteiger charge is -2.16. The topological polar surface area (TPSA) is 33.2 Å². The molecule has 0 aliphatic rings. The van der Waals surface area contributed by atoms with E-state index in [1.54, 1.807) is 35.4 Å². The molecular weight excluding hydrogens is 256 g/mol. The summed E-state index contributed by atoms with van der Waals surface area (Å²) >= 11 is 7.39. The smallest absolute Gasteiger partial charge is 0.254 e. The van der Waals surface area contributed by atoms with Gasteiger partial charge < -0.3 is 4.90 Å². The third-order valence-corrected chi connectivity index (χ3v) is 3.36. The summed E-state index contributed by atoms with van der Waals surface area (Å²) in [6.45, 7) is 0.608. The SMILES string of the molecule is CN(Cc1cccs1)C(=O)c1ccnc(Cl)c1. The molecule has 17 heavy (non-hydrogen) atoms. The summed E-state index contributed by atoms with van der Waals surface area (Å²) in [5.74, 6) is -0.0531. The summed E-state index contributed by atoms with van der Waals surface area (Å²) in [5, 5.41) is 2.33. The van der Waals surface area contributed by atoms with Gasteiger partial charge in [-0.1, -0.05) is 17.7 Å². The van der Waals surface area contributed by atoms with Crippen molar-refractivity contribution < 1.29 is 4.79 Å². The number of amides is 1. The second kappa shape index (κ2) is 5.29. The fourth-order valence-corrected chi connectivity index (χ4v) is 2.40. The van der Waals surface area contributed by atoms with E-state index in [4.69, 9.17) is 11.6 Å². The Balaban J connectivity index is 2.09. The molecule has 0 saturated heterocycles. The largest absolute Gasteiger partial charge is 0.337 e. The first-order valence-corrected chi connectivity index (χ1v) is 6.32. The molecule has 0 fully saturated rings. The van der Waals surface area contributed by atoms with E-state index in [1.807, 2.05) is 17.5 Å². The molecule has 0 aromatic carbocycles. The number of nitrogens with zero attached hydrogens (tertiary/aromatic N) is 2. The molecule has 0 atom stereocenters. The molecule has 0 saturated carbocycles. The van der Waals surface area contributed by atoms with E-state index in [9.17, 15) is 4.79 Å². The Hall–Kier alpha value is -1.39. The standard InChI is InChI=1S/C12H11ClN2OS/c1-15(8-10-3-2-6-17-10)12(16)9-4-5-14-11(13)7-9/h2-7H,8H2,1H3. The van der Waals surface area contributed by atoms with Crippen LogP contribution in [0, 0.1) is 0 Å². The molecule has 0 radical (unpaired) electrons. The van der Waals surface area contributed by atoms with Crippen molar-refractivity contribution in [1.29, 1.82) is 0 Å². The first-order chi connectivity index (χ1) is 8.16. The van der Waals surface area contributed by atoms with Crippen LogP contribution in [-0.4, -0.2) is 22.8 Å². The normalized spacial score (nSPS) is 10.2. The lowest BCUT2D eigenvalue weighted by molar-refractivity contribution is 0.0786.